The van der Waals surface area contributed by atoms with E-state index >= 15 is 0 Å². The first kappa shape index (κ1) is 12.7. The van der Waals surface area contributed by atoms with Gasteiger partial charge in [0.1, 0.15) is 0 Å². The van der Waals surface area contributed by atoms with Crippen molar-refractivity contribution in [2.45, 2.75) is 6.92 Å². The molecule has 0 saturated heterocycles. The molecule has 0 unspecified atom stereocenters. The van der Waals surface area contributed by atoms with Gasteiger partial charge in [-0.25, -0.2) is 0 Å². The molecule has 110 valence electrons. The summed E-state index contributed by atoms with van der Waals surface area (Å²) in [4.78, 5) is 0. The first-order valence-corrected chi connectivity index (χ1v) is 8.03. The molecule has 1 nitrogen and oxygen atoms in total. The Kier molecular flexibility index (Phi) is 2.41. The van der Waals surface area contributed by atoms with E-state index in [1.807, 2.05) is 0 Å². The van der Waals surface area contributed by atoms with Crippen LogP contribution in [0.5, 0.6) is 0 Å². The Bertz CT molecular complexity index is 1220. The normalized spacial score (nSPS) is 11.9. The molecule has 1 aromatic heterocycles. The van der Waals surface area contributed by atoms with Crippen molar-refractivity contribution in [2.75, 3.05) is 0 Å². The number of rotatable bonds is 0. The van der Waals surface area contributed by atoms with Gasteiger partial charge in [-0.05, 0) is 29.1 Å². The van der Waals surface area contributed by atoms with E-state index in [-0.39, 0.29) is 0 Å². The number of benzene rings is 4. The van der Waals surface area contributed by atoms with Gasteiger partial charge in [0.2, 0.25) is 0 Å². The third kappa shape index (κ3) is 1.62. The summed E-state index contributed by atoms with van der Waals surface area (Å²) >= 11 is 0. The van der Waals surface area contributed by atoms with Crippen LogP contribution < -0.4 is 0 Å². The zero-order valence-electron chi connectivity index (χ0n) is 13.3. The van der Waals surface area contributed by atoms with Gasteiger partial charge in [-0.15, -0.1) is 0 Å². The van der Waals surface area contributed by atoms with Crippen molar-refractivity contribution in [2.24, 2.45) is 7.05 Å². The third-order valence-corrected chi connectivity index (χ3v) is 5.03. The standard InChI is InChI=1S/C22H17N/c1-14-7-9-16-15(13-14)8-10-19-17(16)11-12-20-18-5-3-4-6-21(18)23(2)22(19)20/h3-13H,1-2H3. The number of para-hydroxylation sites is 1. The van der Waals surface area contributed by atoms with Gasteiger partial charge in [-0.2, -0.15) is 0 Å². The molecular weight excluding hydrogens is 278 g/mol. The molecule has 1 heterocycles. The fourth-order valence-electron chi connectivity index (χ4n) is 3.94. The van der Waals surface area contributed by atoms with Crippen LogP contribution in [-0.2, 0) is 7.05 Å². The van der Waals surface area contributed by atoms with E-state index in [2.05, 4.69) is 85.3 Å². The maximum absolute atomic E-state index is 2.33. The van der Waals surface area contributed by atoms with E-state index < -0.39 is 0 Å². The van der Waals surface area contributed by atoms with Crippen LogP contribution in [0.1, 0.15) is 5.56 Å². The molecular formula is C22H17N. The molecule has 0 aliphatic rings. The molecule has 5 aromatic rings. The first-order valence-electron chi connectivity index (χ1n) is 8.03. The second-order valence-electron chi connectivity index (χ2n) is 6.42. The maximum Gasteiger partial charge on any atom is 0.0568 e. The van der Waals surface area contributed by atoms with Crippen LogP contribution >= 0.6 is 0 Å². The predicted octanol–water partition coefficient (Wildman–Crippen LogP) is 5.95. The fraction of sp³-hybridized carbons (Fsp3) is 0.0909. The molecule has 5 rings (SSSR count). The molecule has 0 saturated carbocycles. The Hall–Kier alpha value is -2.80. The lowest BCUT2D eigenvalue weighted by Gasteiger charge is -2.08. The average Bonchev–Trinajstić information content (AvgIpc) is 2.88. The lowest BCUT2D eigenvalue weighted by molar-refractivity contribution is 1.02. The van der Waals surface area contributed by atoms with Crippen LogP contribution in [0.25, 0.3) is 43.4 Å². The van der Waals surface area contributed by atoms with Crippen molar-refractivity contribution >= 4 is 43.4 Å². The highest BCUT2D eigenvalue weighted by Gasteiger charge is 2.12. The first-order chi connectivity index (χ1) is 11.2. The molecule has 0 radical (unpaired) electrons. The second-order valence-corrected chi connectivity index (χ2v) is 6.42. The third-order valence-electron chi connectivity index (χ3n) is 5.03. The second kappa shape index (κ2) is 4.36. The summed E-state index contributed by atoms with van der Waals surface area (Å²) in [6.07, 6.45) is 0. The fourth-order valence-corrected chi connectivity index (χ4v) is 3.94. The van der Waals surface area contributed by atoms with Crippen molar-refractivity contribution in [1.29, 1.82) is 0 Å². The highest BCUT2D eigenvalue weighted by atomic mass is 14.9. The molecule has 1 heteroatoms. The number of aromatic nitrogens is 1. The molecule has 23 heavy (non-hydrogen) atoms. The lowest BCUT2D eigenvalue weighted by atomic mass is 9.98. The van der Waals surface area contributed by atoms with Crippen LogP contribution in [0.15, 0.2) is 66.7 Å². The van der Waals surface area contributed by atoms with Gasteiger partial charge in [0.15, 0.2) is 0 Å². The van der Waals surface area contributed by atoms with Crippen LogP contribution in [0.2, 0.25) is 0 Å². The summed E-state index contributed by atoms with van der Waals surface area (Å²) in [5.74, 6) is 0. The topological polar surface area (TPSA) is 4.93 Å². The average molecular weight is 295 g/mol. The molecule has 0 spiro atoms. The zero-order valence-corrected chi connectivity index (χ0v) is 13.3. The number of hydrogen-bond acceptors (Lipinski definition) is 0. The lowest BCUT2D eigenvalue weighted by Crippen LogP contribution is -1.88. The Balaban J connectivity index is 2.06. The van der Waals surface area contributed by atoms with Gasteiger partial charge in [0, 0.05) is 28.7 Å². The highest BCUT2D eigenvalue weighted by Crippen LogP contribution is 2.36. The van der Waals surface area contributed by atoms with Crippen molar-refractivity contribution in [3.05, 3.63) is 72.3 Å². The largest absolute Gasteiger partial charge is 0.343 e. The summed E-state index contributed by atoms with van der Waals surface area (Å²) in [5, 5.41) is 7.98. The number of nitrogens with zero attached hydrogens (tertiary/aromatic N) is 1. The van der Waals surface area contributed by atoms with E-state index in [0.29, 0.717) is 0 Å². The van der Waals surface area contributed by atoms with E-state index in [1.54, 1.807) is 0 Å². The Morgan fingerprint density at radius 1 is 0.652 bits per heavy atom. The molecule has 0 atom stereocenters. The maximum atomic E-state index is 2.33. The minimum Gasteiger partial charge on any atom is -0.343 e. The SMILES string of the molecule is Cc1ccc2c(ccc3c2ccc2c4ccccc4n(C)c32)c1. The highest BCUT2D eigenvalue weighted by molar-refractivity contribution is 6.22. The van der Waals surface area contributed by atoms with Gasteiger partial charge >= 0.3 is 0 Å². The summed E-state index contributed by atoms with van der Waals surface area (Å²) in [7, 11) is 2.17. The molecule has 4 aromatic carbocycles. The van der Waals surface area contributed by atoms with Crippen molar-refractivity contribution < 1.29 is 0 Å². The van der Waals surface area contributed by atoms with Gasteiger partial charge in [-0.3, -0.25) is 0 Å². The smallest absolute Gasteiger partial charge is 0.0568 e. The van der Waals surface area contributed by atoms with E-state index in [1.165, 1.54) is 48.9 Å². The van der Waals surface area contributed by atoms with Crippen LogP contribution in [0.4, 0.5) is 0 Å². The van der Waals surface area contributed by atoms with Crippen LogP contribution in [-0.4, -0.2) is 4.57 Å². The minimum absolute atomic E-state index is 1.29. The number of hydrogen-bond donors (Lipinski definition) is 0. The summed E-state index contributed by atoms with van der Waals surface area (Å²) in [6, 6.07) is 24.5. The Morgan fingerprint density at radius 3 is 2.26 bits per heavy atom. The number of aryl methyl sites for hydroxylation is 2. The summed E-state index contributed by atoms with van der Waals surface area (Å²) in [6.45, 7) is 2.15. The zero-order chi connectivity index (χ0) is 15.6. The van der Waals surface area contributed by atoms with Crippen molar-refractivity contribution in [3.63, 3.8) is 0 Å². The van der Waals surface area contributed by atoms with Gasteiger partial charge in [0.25, 0.3) is 0 Å². The molecule has 0 fully saturated rings. The van der Waals surface area contributed by atoms with Gasteiger partial charge < -0.3 is 4.57 Å². The number of fused-ring (bicyclic) bond motifs is 7. The quantitative estimate of drug-likeness (QED) is 0.311. The van der Waals surface area contributed by atoms with Crippen LogP contribution in [0.3, 0.4) is 0 Å². The molecule has 0 amide bonds. The van der Waals surface area contributed by atoms with Crippen LogP contribution in [0, 0.1) is 6.92 Å². The Labute approximate surface area is 134 Å². The van der Waals surface area contributed by atoms with E-state index in [9.17, 15) is 0 Å². The van der Waals surface area contributed by atoms with Crippen molar-refractivity contribution in [3.8, 4) is 0 Å². The Morgan fingerprint density at radius 2 is 1.35 bits per heavy atom. The molecule has 0 bridgehead atoms. The van der Waals surface area contributed by atoms with Gasteiger partial charge in [0.05, 0.1) is 5.52 Å². The molecule has 0 N–H and O–H groups in total. The predicted molar refractivity (Wildman–Crippen MR) is 100 cm³/mol. The minimum atomic E-state index is 1.29. The van der Waals surface area contributed by atoms with E-state index in [4.69, 9.17) is 0 Å². The van der Waals surface area contributed by atoms with Gasteiger partial charge in [-0.1, -0.05) is 66.2 Å². The summed E-state index contributed by atoms with van der Waals surface area (Å²) in [5.41, 5.74) is 3.92. The molecule has 0 aliphatic heterocycles. The van der Waals surface area contributed by atoms with E-state index in [0.717, 1.165) is 0 Å². The van der Waals surface area contributed by atoms with Crippen molar-refractivity contribution in [1.82, 2.24) is 4.57 Å². The molecule has 0 aliphatic carbocycles. The summed E-state index contributed by atoms with van der Waals surface area (Å²) < 4.78 is 2.33. The monoisotopic (exact) mass is 295 g/mol.